The van der Waals surface area contributed by atoms with Gasteiger partial charge in [0.05, 0.1) is 12.6 Å². The molecule has 0 fully saturated rings. The van der Waals surface area contributed by atoms with Gasteiger partial charge in [0.2, 0.25) is 0 Å². The van der Waals surface area contributed by atoms with Crippen LogP contribution in [0.2, 0.25) is 0 Å². The molecule has 1 atom stereocenters. The molecule has 1 rings (SSSR count). The maximum Gasteiger partial charge on any atom is 0.277 e. The van der Waals surface area contributed by atoms with Gasteiger partial charge in [0, 0.05) is 7.05 Å². The summed E-state index contributed by atoms with van der Waals surface area (Å²) in [5.74, 6) is 0. The Morgan fingerprint density at radius 1 is 1.33 bits per heavy atom. The van der Waals surface area contributed by atoms with Gasteiger partial charge in [0.1, 0.15) is 0 Å². The van der Waals surface area contributed by atoms with Crippen LogP contribution in [0, 0.1) is 0 Å². The Morgan fingerprint density at radius 3 is 2.40 bits per heavy atom. The van der Waals surface area contributed by atoms with E-state index >= 15 is 0 Å². The topological polar surface area (TPSA) is 78.4 Å². The molecule has 0 heterocycles. The summed E-state index contributed by atoms with van der Waals surface area (Å²) in [6.07, 6.45) is 0. The summed E-state index contributed by atoms with van der Waals surface area (Å²) in [7, 11) is -2.23. The third kappa shape index (κ3) is 3.60. The highest BCUT2D eigenvalue weighted by Crippen LogP contribution is 2.11. The minimum atomic E-state index is -3.54. The first-order valence-corrected chi connectivity index (χ1v) is 5.94. The average molecular weight is 230 g/mol. The molecule has 1 aromatic rings. The smallest absolute Gasteiger partial charge is 0.277 e. The Kier molecular flexibility index (Phi) is 4.22. The molecule has 0 amide bonds. The molecule has 0 aliphatic carbocycles. The number of rotatable bonds is 5. The van der Waals surface area contributed by atoms with Crippen molar-refractivity contribution in [1.82, 2.24) is 9.44 Å². The van der Waals surface area contributed by atoms with E-state index in [1.807, 2.05) is 6.07 Å². The van der Waals surface area contributed by atoms with Crippen LogP contribution < -0.4 is 9.44 Å². The molecule has 0 saturated carbocycles. The Morgan fingerprint density at radius 2 is 1.93 bits per heavy atom. The highest BCUT2D eigenvalue weighted by Gasteiger charge is 2.16. The molecule has 0 aliphatic heterocycles. The van der Waals surface area contributed by atoms with E-state index in [2.05, 4.69) is 9.44 Å². The van der Waals surface area contributed by atoms with Gasteiger partial charge in [-0.05, 0) is 5.56 Å². The number of nitrogens with one attached hydrogen (secondary N) is 2. The van der Waals surface area contributed by atoms with E-state index in [0.29, 0.717) is 0 Å². The van der Waals surface area contributed by atoms with Crippen LogP contribution in [0.3, 0.4) is 0 Å². The number of benzene rings is 1. The zero-order valence-corrected chi connectivity index (χ0v) is 9.16. The van der Waals surface area contributed by atoms with Crippen LogP contribution in [-0.4, -0.2) is 27.2 Å². The predicted octanol–water partition coefficient (Wildman–Crippen LogP) is -0.226. The quantitative estimate of drug-likeness (QED) is 0.654. The maximum absolute atomic E-state index is 11.2. The number of aliphatic hydroxyl groups is 1. The van der Waals surface area contributed by atoms with Crippen LogP contribution in [0.25, 0.3) is 0 Å². The van der Waals surface area contributed by atoms with Gasteiger partial charge in [0.25, 0.3) is 10.2 Å². The monoisotopic (exact) mass is 230 g/mol. The first-order valence-electron chi connectivity index (χ1n) is 4.45. The van der Waals surface area contributed by atoms with Gasteiger partial charge in [-0.3, -0.25) is 0 Å². The van der Waals surface area contributed by atoms with Crippen LogP contribution in [0.5, 0.6) is 0 Å². The van der Waals surface area contributed by atoms with Gasteiger partial charge >= 0.3 is 0 Å². The molecule has 15 heavy (non-hydrogen) atoms. The molecule has 1 aromatic carbocycles. The lowest BCUT2D eigenvalue weighted by Crippen LogP contribution is -2.38. The first-order chi connectivity index (χ1) is 7.09. The van der Waals surface area contributed by atoms with Gasteiger partial charge in [-0.25, -0.2) is 4.72 Å². The van der Waals surface area contributed by atoms with E-state index in [0.717, 1.165) is 5.56 Å². The minimum Gasteiger partial charge on any atom is -0.394 e. The highest BCUT2D eigenvalue weighted by atomic mass is 32.2. The summed E-state index contributed by atoms with van der Waals surface area (Å²) in [5, 5.41) is 9.08. The zero-order valence-electron chi connectivity index (χ0n) is 8.34. The molecule has 0 saturated heterocycles. The third-order valence-electron chi connectivity index (χ3n) is 1.95. The normalized spacial score (nSPS) is 13.7. The molecule has 0 aromatic heterocycles. The minimum absolute atomic E-state index is 0.287. The third-order valence-corrected chi connectivity index (χ3v) is 3.08. The second-order valence-electron chi connectivity index (χ2n) is 2.97. The molecule has 84 valence electrons. The zero-order chi connectivity index (χ0) is 11.3. The molecule has 0 spiro atoms. The van der Waals surface area contributed by atoms with Crippen molar-refractivity contribution in [1.29, 1.82) is 0 Å². The predicted molar refractivity (Wildman–Crippen MR) is 57.4 cm³/mol. The van der Waals surface area contributed by atoms with Crippen LogP contribution in [0.1, 0.15) is 11.6 Å². The second kappa shape index (κ2) is 5.22. The lowest BCUT2D eigenvalue weighted by molar-refractivity contribution is 0.258. The molecule has 5 nitrogen and oxygen atoms in total. The lowest BCUT2D eigenvalue weighted by Gasteiger charge is -2.15. The summed E-state index contributed by atoms with van der Waals surface area (Å²) in [6.45, 7) is -0.287. The van der Waals surface area contributed by atoms with Gasteiger partial charge in [-0.1, -0.05) is 30.3 Å². The Labute approximate surface area is 89.3 Å². The maximum atomic E-state index is 11.2. The molecular weight excluding hydrogens is 216 g/mol. The fourth-order valence-electron chi connectivity index (χ4n) is 1.14. The fourth-order valence-corrected chi connectivity index (χ4v) is 1.85. The van der Waals surface area contributed by atoms with E-state index in [4.69, 9.17) is 5.11 Å². The van der Waals surface area contributed by atoms with Crippen molar-refractivity contribution in [2.75, 3.05) is 13.7 Å². The summed E-state index contributed by atoms with van der Waals surface area (Å²) < 4.78 is 26.9. The van der Waals surface area contributed by atoms with Crippen molar-refractivity contribution in [2.24, 2.45) is 0 Å². The van der Waals surface area contributed by atoms with Crippen LogP contribution in [-0.2, 0) is 10.2 Å². The SMILES string of the molecule is CNS(=O)(=O)N[C@H](CO)c1ccccc1. The molecule has 0 radical (unpaired) electrons. The van der Waals surface area contributed by atoms with Crippen molar-refractivity contribution in [3.05, 3.63) is 35.9 Å². The lowest BCUT2D eigenvalue weighted by atomic mass is 10.1. The first kappa shape index (κ1) is 12.1. The van der Waals surface area contributed by atoms with E-state index in [-0.39, 0.29) is 6.61 Å². The van der Waals surface area contributed by atoms with E-state index in [1.165, 1.54) is 7.05 Å². The van der Waals surface area contributed by atoms with E-state index < -0.39 is 16.3 Å². The summed E-state index contributed by atoms with van der Waals surface area (Å²) in [4.78, 5) is 0. The molecule has 0 bridgehead atoms. The summed E-state index contributed by atoms with van der Waals surface area (Å²) in [6, 6.07) is 8.27. The highest BCUT2D eigenvalue weighted by molar-refractivity contribution is 7.87. The fraction of sp³-hybridized carbons (Fsp3) is 0.333. The number of hydrogen-bond acceptors (Lipinski definition) is 3. The molecular formula is C9H14N2O3S. The van der Waals surface area contributed by atoms with Crippen molar-refractivity contribution < 1.29 is 13.5 Å². The second-order valence-corrected chi connectivity index (χ2v) is 4.62. The standard InChI is InChI=1S/C9H14N2O3S/c1-10-15(13,14)11-9(7-12)8-5-3-2-4-6-8/h2-6,9-12H,7H2,1H3/t9-/m1/s1. The van der Waals surface area contributed by atoms with Crippen molar-refractivity contribution in [3.8, 4) is 0 Å². The molecule has 0 aliphatic rings. The van der Waals surface area contributed by atoms with Gasteiger partial charge in [-0.15, -0.1) is 0 Å². The van der Waals surface area contributed by atoms with Crippen LogP contribution in [0.15, 0.2) is 30.3 Å². The largest absolute Gasteiger partial charge is 0.394 e. The molecule has 6 heteroatoms. The summed E-state index contributed by atoms with van der Waals surface area (Å²) >= 11 is 0. The average Bonchev–Trinajstić information content (AvgIpc) is 2.27. The van der Waals surface area contributed by atoms with Crippen molar-refractivity contribution >= 4 is 10.2 Å². The number of aliphatic hydroxyl groups excluding tert-OH is 1. The van der Waals surface area contributed by atoms with Gasteiger partial charge in [-0.2, -0.15) is 13.1 Å². The van der Waals surface area contributed by atoms with Gasteiger partial charge in [0.15, 0.2) is 0 Å². The Balaban J connectivity index is 2.83. The van der Waals surface area contributed by atoms with Crippen molar-refractivity contribution in [2.45, 2.75) is 6.04 Å². The summed E-state index contributed by atoms with van der Waals surface area (Å²) in [5.41, 5.74) is 0.721. The van der Waals surface area contributed by atoms with Crippen molar-refractivity contribution in [3.63, 3.8) is 0 Å². The Bertz CT molecular complexity index is 391. The van der Waals surface area contributed by atoms with E-state index in [1.54, 1.807) is 24.3 Å². The van der Waals surface area contributed by atoms with E-state index in [9.17, 15) is 8.42 Å². The molecule has 0 unspecified atom stereocenters. The van der Waals surface area contributed by atoms with Gasteiger partial charge < -0.3 is 5.11 Å². The number of hydrogen-bond donors (Lipinski definition) is 3. The van der Waals surface area contributed by atoms with Crippen LogP contribution >= 0.6 is 0 Å². The molecule has 3 N–H and O–H groups in total. The van der Waals surface area contributed by atoms with Crippen LogP contribution in [0.4, 0.5) is 0 Å². The Hall–Kier alpha value is -0.950.